The Balaban J connectivity index is 1.52. The summed E-state index contributed by atoms with van der Waals surface area (Å²) in [4.78, 5) is 0.283. The zero-order valence-corrected chi connectivity index (χ0v) is 22.7. The van der Waals surface area contributed by atoms with Gasteiger partial charge in [-0.25, -0.2) is 8.42 Å². The molecule has 5 aromatic rings. The van der Waals surface area contributed by atoms with Crippen LogP contribution in [0.4, 0.5) is 0 Å². The maximum Gasteiger partial charge on any atom is 0.226 e. The van der Waals surface area contributed by atoms with Gasteiger partial charge < -0.3 is 5.32 Å². The van der Waals surface area contributed by atoms with Gasteiger partial charge in [-0.1, -0.05) is 72.6 Å². The summed E-state index contributed by atoms with van der Waals surface area (Å²) in [5.41, 5.74) is 2.94. The molecule has 38 heavy (non-hydrogen) atoms. The van der Waals surface area contributed by atoms with Crippen LogP contribution in [-0.2, 0) is 16.4 Å². The van der Waals surface area contributed by atoms with Gasteiger partial charge >= 0.3 is 0 Å². The number of fused-ring (bicyclic) bond motifs is 2. The topological polar surface area (TPSA) is 64.0 Å². The minimum absolute atomic E-state index is 0.108. The number of rotatable bonds is 5. The molecule has 194 valence electrons. The Morgan fingerprint density at radius 2 is 1.71 bits per heavy atom. The molecule has 5 nitrogen and oxygen atoms in total. The van der Waals surface area contributed by atoms with Crippen LogP contribution < -0.4 is 5.32 Å². The van der Waals surface area contributed by atoms with Crippen LogP contribution in [0.15, 0.2) is 94.9 Å². The molecule has 0 aliphatic carbocycles. The first-order valence-corrected chi connectivity index (χ1v) is 15.1. The average molecular weight is 544 g/mol. The van der Waals surface area contributed by atoms with Gasteiger partial charge in [0.2, 0.25) is 9.84 Å². The number of benzene rings is 4. The van der Waals surface area contributed by atoms with E-state index in [2.05, 4.69) is 17.4 Å². The standard InChI is InChI=1S/C31H30ClN3O2S/c32-26-11-5-7-22(19-26)21-35-29-15-14-25(23-8-3-4-17-33-18-16-23)20-28(29)31(34-35)38(36,37)30-13-6-10-24-9-1-2-12-27(24)30/h1-2,5-7,9-15,19-20,23,33H,3-4,8,16-18,21H2. The molecule has 1 aliphatic rings. The fourth-order valence-electron chi connectivity index (χ4n) is 5.60. The van der Waals surface area contributed by atoms with Gasteiger partial charge in [0.25, 0.3) is 0 Å². The molecule has 0 amide bonds. The molecule has 1 atom stereocenters. The van der Waals surface area contributed by atoms with Crippen molar-refractivity contribution >= 4 is 43.1 Å². The summed E-state index contributed by atoms with van der Waals surface area (Å²) in [7, 11) is -3.90. The maximum absolute atomic E-state index is 14.3. The molecule has 0 spiro atoms. The summed E-state index contributed by atoms with van der Waals surface area (Å²) >= 11 is 6.24. The SMILES string of the molecule is O=S(=O)(c1cccc2ccccc12)c1nn(Cc2cccc(Cl)c2)c2ccc(C3CCCCNCC3)cc12. The summed E-state index contributed by atoms with van der Waals surface area (Å²) in [5.74, 6) is 0.386. The zero-order valence-electron chi connectivity index (χ0n) is 21.1. The molecule has 2 heterocycles. The van der Waals surface area contributed by atoms with E-state index in [-0.39, 0.29) is 9.92 Å². The van der Waals surface area contributed by atoms with Gasteiger partial charge in [0.05, 0.1) is 17.0 Å². The molecule has 1 aliphatic heterocycles. The Bertz CT molecular complexity index is 1720. The summed E-state index contributed by atoms with van der Waals surface area (Å²) in [6.45, 7) is 2.46. The molecule has 1 aromatic heterocycles. The van der Waals surface area contributed by atoms with Crippen LogP contribution in [0, 0.1) is 0 Å². The summed E-state index contributed by atoms with van der Waals surface area (Å²) < 4.78 is 30.3. The van der Waals surface area contributed by atoms with Crippen LogP contribution in [0.2, 0.25) is 5.02 Å². The van der Waals surface area contributed by atoms with Crippen LogP contribution in [0.1, 0.15) is 42.7 Å². The molecule has 6 rings (SSSR count). The first-order chi connectivity index (χ1) is 18.5. The monoisotopic (exact) mass is 543 g/mol. The van der Waals surface area contributed by atoms with E-state index in [9.17, 15) is 8.42 Å². The fourth-order valence-corrected chi connectivity index (χ4v) is 7.42. The predicted octanol–water partition coefficient (Wildman–Crippen LogP) is 6.97. The molecule has 1 fully saturated rings. The second-order valence-electron chi connectivity index (χ2n) is 10.1. The van der Waals surface area contributed by atoms with Crippen molar-refractivity contribution in [1.82, 2.24) is 15.1 Å². The maximum atomic E-state index is 14.3. The number of hydrogen-bond donors (Lipinski definition) is 1. The lowest BCUT2D eigenvalue weighted by atomic mass is 9.89. The van der Waals surface area contributed by atoms with Crippen LogP contribution in [0.25, 0.3) is 21.7 Å². The number of nitrogens with zero attached hydrogens (tertiary/aromatic N) is 2. The molecule has 1 saturated heterocycles. The second kappa shape index (κ2) is 10.5. The zero-order chi connectivity index (χ0) is 26.1. The average Bonchev–Trinajstić information content (AvgIpc) is 3.26. The number of hydrogen-bond acceptors (Lipinski definition) is 4. The highest BCUT2D eigenvalue weighted by Gasteiger charge is 2.28. The third kappa shape index (κ3) is 4.84. The molecular weight excluding hydrogens is 514 g/mol. The van der Waals surface area contributed by atoms with Gasteiger partial charge in [-0.2, -0.15) is 5.10 Å². The van der Waals surface area contributed by atoms with Crippen molar-refractivity contribution < 1.29 is 8.42 Å². The number of nitrogens with one attached hydrogen (secondary N) is 1. The molecule has 0 saturated carbocycles. The van der Waals surface area contributed by atoms with Gasteiger partial charge in [0, 0.05) is 15.8 Å². The molecule has 0 bridgehead atoms. The normalized spacial score (nSPS) is 16.9. The van der Waals surface area contributed by atoms with Gasteiger partial charge in [-0.15, -0.1) is 0 Å². The third-order valence-electron chi connectivity index (χ3n) is 7.55. The van der Waals surface area contributed by atoms with Crippen molar-refractivity contribution in [3.05, 3.63) is 101 Å². The van der Waals surface area contributed by atoms with Crippen molar-refractivity contribution in [2.45, 2.75) is 48.1 Å². The van der Waals surface area contributed by atoms with Gasteiger partial charge in [0.1, 0.15) is 0 Å². The first-order valence-electron chi connectivity index (χ1n) is 13.2. The van der Waals surface area contributed by atoms with Crippen molar-refractivity contribution in [1.29, 1.82) is 0 Å². The Morgan fingerprint density at radius 1 is 0.868 bits per heavy atom. The minimum atomic E-state index is -3.90. The molecule has 1 N–H and O–H groups in total. The van der Waals surface area contributed by atoms with E-state index in [0.29, 0.717) is 28.3 Å². The van der Waals surface area contributed by atoms with Crippen LogP contribution in [0.3, 0.4) is 0 Å². The molecule has 0 radical (unpaired) electrons. The number of aromatic nitrogens is 2. The number of sulfone groups is 1. The van der Waals surface area contributed by atoms with Gasteiger partial charge in [-0.05, 0) is 85.1 Å². The Morgan fingerprint density at radius 3 is 2.61 bits per heavy atom. The molecule has 4 aromatic carbocycles. The van der Waals surface area contributed by atoms with E-state index in [1.807, 2.05) is 60.7 Å². The lowest BCUT2D eigenvalue weighted by Gasteiger charge is -2.21. The molecular formula is C31H30ClN3O2S. The number of halogens is 1. The Kier molecular flexibility index (Phi) is 6.95. The largest absolute Gasteiger partial charge is 0.317 e. The van der Waals surface area contributed by atoms with E-state index in [1.54, 1.807) is 16.8 Å². The van der Waals surface area contributed by atoms with Crippen molar-refractivity contribution in [3.8, 4) is 0 Å². The van der Waals surface area contributed by atoms with Crippen molar-refractivity contribution in [3.63, 3.8) is 0 Å². The predicted molar refractivity (Wildman–Crippen MR) is 154 cm³/mol. The Hall–Kier alpha value is -3.19. The van der Waals surface area contributed by atoms with E-state index >= 15 is 0 Å². The minimum Gasteiger partial charge on any atom is -0.317 e. The van der Waals surface area contributed by atoms with Crippen molar-refractivity contribution in [2.75, 3.05) is 13.1 Å². The smallest absolute Gasteiger partial charge is 0.226 e. The quantitative estimate of drug-likeness (QED) is 0.260. The molecule has 7 heteroatoms. The van der Waals surface area contributed by atoms with Gasteiger partial charge in [0.15, 0.2) is 5.03 Å². The molecule has 1 unspecified atom stereocenters. The first kappa shape index (κ1) is 25.1. The highest BCUT2D eigenvalue weighted by atomic mass is 35.5. The lowest BCUT2D eigenvalue weighted by molar-refractivity contribution is 0.467. The van der Waals surface area contributed by atoms with Crippen molar-refractivity contribution in [2.24, 2.45) is 0 Å². The summed E-state index contributed by atoms with van der Waals surface area (Å²) in [6, 6.07) is 26.9. The second-order valence-corrected chi connectivity index (χ2v) is 12.4. The summed E-state index contributed by atoms with van der Waals surface area (Å²) in [5, 5.41) is 11.3. The highest BCUT2D eigenvalue weighted by Crippen LogP contribution is 2.35. The van der Waals surface area contributed by atoms with E-state index in [1.165, 1.54) is 5.56 Å². The summed E-state index contributed by atoms with van der Waals surface area (Å²) in [6.07, 6.45) is 4.46. The Labute approximate surface area is 228 Å². The van der Waals surface area contributed by atoms with E-state index in [4.69, 9.17) is 16.7 Å². The highest BCUT2D eigenvalue weighted by molar-refractivity contribution is 7.91. The van der Waals surface area contributed by atoms with Crippen LogP contribution >= 0.6 is 11.6 Å². The fraction of sp³-hybridized carbons (Fsp3) is 0.258. The van der Waals surface area contributed by atoms with Gasteiger partial charge in [-0.3, -0.25) is 4.68 Å². The lowest BCUT2D eigenvalue weighted by Crippen LogP contribution is -2.21. The third-order valence-corrected chi connectivity index (χ3v) is 9.53. The van der Waals surface area contributed by atoms with E-state index < -0.39 is 9.84 Å². The van der Waals surface area contributed by atoms with Crippen LogP contribution in [-0.4, -0.2) is 31.3 Å². The van der Waals surface area contributed by atoms with E-state index in [0.717, 1.165) is 55.2 Å². The van der Waals surface area contributed by atoms with Crippen LogP contribution in [0.5, 0.6) is 0 Å².